The number of halogens is 3. The van der Waals surface area contributed by atoms with Crippen molar-refractivity contribution in [2.24, 2.45) is 0 Å². The smallest absolute Gasteiger partial charge is 4.00 e. The molecule has 440 valence electrons. The van der Waals surface area contributed by atoms with Crippen LogP contribution in [0.3, 0.4) is 0 Å². The molecule has 9 nitrogen and oxygen atoms in total. The zero-order valence-electron chi connectivity index (χ0n) is 54.6. The topological polar surface area (TPSA) is 118 Å². The Morgan fingerprint density at radius 3 is 0.590 bits per heavy atom. The summed E-state index contributed by atoms with van der Waals surface area (Å²) in [5, 5.41) is 33.6. The van der Waals surface area contributed by atoms with Gasteiger partial charge in [0, 0.05) is 27.5 Å². The van der Waals surface area contributed by atoms with Crippen LogP contribution in [-0.4, -0.2) is 108 Å². The van der Waals surface area contributed by atoms with Gasteiger partial charge >= 0.3 is 64.1 Å². The Morgan fingerprint density at radius 2 is 0.487 bits per heavy atom. The van der Waals surface area contributed by atoms with Gasteiger partial charge in [0.1, 0.15) is 0 Å². The molecule has 0 saturated heterocycles. The molecule has 0 radical (unpaired) electrons. The molecule has 0 atom stereocenters. The third-order valence-corrected chi connectivity index (χ3v) is 17.3. The predicted octanol–water partition coefficient (Wildman–Crippen LogP) is 19.0. The van der Waals surface area contributed by atoms with E-state index in [1.54, 1.807) is 28.2 Å². The van der Waals surface area contributed by atoms with Crippen LogP contribution in [-0.2, 0) is 51.8 Å². The van der Waals surface area contributed by atoms with E-state index < -0.39 is 20.8 Å². The van der Waals surface area contributed by atoms with E-state index in [0.717, 1.165) is 71.1 Å². The Morgan fingerprint density at radius 1 is 0.359 bits per heavy atom. The molecule has 0 aliphatic rings. The molecular formula is C63H109Cl3N8OSiZr2. The van der Waals surface area contributed by atoms with E-state index in [-0.39, 0.29) is 35.0 Å². The van der Waals surface area contributed by atoms with Gasteiger partial charge in [0.25, 0.3) is 0 Å². The quantitative estimate of drug-likeness (QED) is 0.0553. The Hall–Kier alpha value is -1.27. The van der Waals surface area contributed by atoms with E-state index in [4.69, 9.17) is 54.6 Å². The molecule has 0 saturated carbocycles. The number of hydrogen-bond acceptors (Lipinski definition) is 3. The molecule has 2 N–H and O–H groups in total. The number of rotatable bonds is 19. The summed E-state index contributed by atoms with van der Waals surface area (Å²) >= 11 is 4.57. The van der Waals surface area contributed by atoms with Crippen molar-refractivity contribution in [3.63, 3.8) is 0 Å². The third kappa shape index (κ3) is 28.8. The fourth-order valence-corrected chi connectivity index (χ4v) is 8.31. The molecule has 78 heavy (non-hydrogen) atoms. The largest absolute Gasteiger partial charge is 4.00 e. The monoisotopic (exact) mass is 1310 g/mol. The summed E-state index contributed by atoms with van der Waals surface area (Å²) < 4.78 is 4.83. The Bertz CT molecular complexity index is 1890. The van der Waals surface area contributed by atoms with Crippen molar-refractivity contribution in [1.29, 1.82) is 0 Å². The van der Waals surface area contributed by atoms with Gasteiger partial charge in [0.15, 0.2) is 0 Å². The van der Waals surface area contributed by atoms with Crippen LogP contribution in [0.2, 0.25) is 13.1 Å². The van der Waals surface area contributed by atoms with Crippen LogP contribution in [0.15, 0.2) is 0 Å². The molecule has 0 heterocycles. The maximum atomic E-state index is 5.40. The molecule has 0 spiro atoms. The first-order valence-corrected chi connectivity index (χ1v) is 37.6. The number of nitrogens with one attached hydrogen (secondary N) is 2. The maximum Gasteiger partial charge on any atom is 4.00 e. The normalized spacial score (nSPS) is 10.0. The standard InChI is InChI=1S/2C26H39N3.C4H10O.C3H9ClSi.2C2H6N.2ClH.2Zr/c2*1-15-17(3)21(7)25(22(8)18(15)4)28-13-11-27-12-14-29-26-23(9)19(5)16(2)20(6)24(26)10;1-3-5-4-2;1-5(2)3-4;2*1-3-2;;;;/h2*27H,11-14H2,1-10H3;3-4H2,1-2H3;5H,3H2,1-2H3;2*1-2H3;2*1H;;/q2*-2;;;2*-1;;;2*+4/p-2. The van der Waals surface area contributed by atoms with Crippen LogP contribution >= 0.6 is 28.6 Å². The number of nitrogens with zero attached hydrogens (tertiary/aromatic N) is 6. The summed E-state index contributed by atoms with van der Waals surface area (Å²) in [6, 6.07) is 0. The number of ether oxygens (including phenoxy) is 1. The van der Waals surface area contributed by atoms with E-state index in [0.29, 0.717) is 0 Å². The van der Waals surface area contributed by atoms with E-state index >= 15 is 0 Å². The summed E-state index contributed by atoms with van der Waals surface area (Å²) in [7, 11) is 16.5. The van der Waals surface area contributed by atoms with E-state index in [1.807, 2.05) is 13.8 Å². The Balaban J connectivity index is -0.000000523. The molecule has 0 fully saturated rings. The second kappa shape index (κ2) is 47.1. The van der Waals surface area contributed by atoms with Crippen LogP contribution in [0.1, 0.15) is 125 Å². The number of benzene rings is 4. The molecule has 0 aliphatic carbocycles. The molecule has 0 aliphatic heterocycles. The number of alkyl halides is 1. The van der Waals surface area contributed by atoms with Crippen LogP contribution in [0.4, 0.5) is 22.7 Å². The first-order valence-electron chi connectivity index (χ1n) is 27.6. The minimum Gasteiger partial charge on any atom is 4.00 e. The van der Waals surface area contributed by atoms with Gasteiger partial charge in [-0.3, -0.25) is 0 Å². The van der Waals surface area contributed by atoms with Crippen molar-refractivity contribution < 1.29 is 51.8 Å². The molecule has 4 rings (SSSR count). The third-order valence-electron chi connectivity index (χ3n) is 14.8. The molecule has 0 bridgehead atoms. The molecule has 0 unspecified atom stereocenters. The second-order valence-corrected chi connectivity index (χ2v) is 28.0. The van der Waals surface area contributed by atoms with Crippen molar-refractivity contribution in [2.45, 2.75) is 165 Å². The van der Waals surface area contributed by atoms with Crippen molar-refractivity contribution in [3.05, 3.63) is 143 Å². The van der Waals surface area contributed by atoms with E-state index in [2.05, 4.69) is 173 Å². The van der Waals surface area contributed by atoms with Gasteiger partial charge in [-0.15, -0.1) is 60.5 Å². The SMILES string of the molecule is CCOCC.C[N-]C.C[N-]C.C[SiH](C)CCl.Cc1c(C)c(C)c([N-]CCNCC[N-]c2c(C)c(C)c(C)c(C)c2C)c(C)c1C.Cc1c(C)c(C)c([N-]CCNCC[N-]c2c(C)c(C)c(C)c(C)c2C)c(C)c1C.[Cl][Zr+2][Cl].[Zr+4]. The summed E-state index contributed by atoms with van der Waals surface area (Å²) in [5.74, 6) is 0. The Kier molecular flexibility index (Phi) is 50.3. The van der Waals surface area contributed by atoms with Crippen LogP contribution in [0, 0.1) is 138 Å². The zero-order chi connectivity index (χ0) is 60.3. The van der Waals surface area contributed by atoms with Crippen LogP contribution < -0.4 is 10.6 Å². The van der Waals surface area contributed by atoms with Gasteiger partial charge in [-0.05, 0) is 245 Å². The molecule has 0 aromatic heterocycles. The Labute approximate surface area is 525 Å². The van der Waals surface area contributed by atoms with Crippen molar-refractivity contribution in [2.75, 3.05) is 99.3 Å². The first-order chi connectivity index (χ1) is 36.1. The molecule has 15 heteroatoms. The minimum atomic E-state index is -0.826. The van der Waals surface area contributed by atoms with Gasteiger partial charge in [-0.1, -0.05) is 57.6 Å². The van der Waals surface area contributed by atoms with E-state index in [1.165, 1.54) is 134 Å². The van der Waals surface area contributed by atoms with Gasteiger partial charge < -0.3 is 47.3 Å². The van der Waals surface area contributed by atoms with Crippen molar-refractivity contribution in [1.82, 2.24) is 10.6 Å². The van der Waals surface area contributed by atoms with Crippen molar-refractivity contribution in [3.8, 4) is 0 Å². The molecule has 4 aromatic rings. The van der Waals surface area contributed by atoms with E-state index in [9.17, 15) is 0 Å². The fourth-order valence-electron chi connectivity index (χ4n) is 8.31. The molecule has 4 aromatic carbocycles. The predicted molar refractivity (Wildman–Crippen MR) is 352 cm³/mol. The molecule has 0 amide bonds. The second-order valence-electron chi connectivity index (χ2n) is 20.2. The summed E-state index contributed by atoms with van der Waals surface area (Å²) in [6.45, 7) is 60.8. The van der Waals surface area contributed by atoms with Gasteiger partial charge in [-0.2, -0.15) is 28.2 Å². The fraction of sp³-hybridized carbons (Fsp3) is 0.619. The number of hydrogen-bond donors (Lipinski definition) is 2. The van der Waals surface area contributed by atoms with Crippen LogP contribution in [0.5, 0.6) is 0 Å². The summed E-state index contributed by atoms with van der Waals surface area (Å²) in [4.78, 5) is 0. The zero-order valence-corrected chi connectivity index (χ0v) is 62.9. The first kappa shape index (κ1) is 83.2. The average Bonchev–Trinajstić information content (AvgIpc) is 3.40. The summed E-state index contributed by atoms with van der Waals surface area (Å²) in [6.07, 6.45) is 0. The van der Waals surface area contributed by atoms with Gasteiger partial charge in [0.2, 0.25) is 0 Å². The van der Waals surface area contributed by atoms with Crippen LogP contribution in [0.25, 0.3) is 31.9 Å². The summed E-state index contributed by atoms with van der Waals surface area (Å²) in [5.41, 5.74) is 32.7. The van der Waals surface area contributed by atoms with Gasteiger partial charge in [-0.25, -0.2) is 0 Å². The molecular weight excluding hydrogens is 1200 g/mol. The maximum absolute atomic E-state index is 5.40. The minimum absolute atomic E-state index is 0. The van der Waals surface area contributed by atoms with Gasteiger partial charge in [0.05, 0.1) is 0 Å². The average molecular weight is 1310 g/mol. The van der Waals surface area contributed by atoms with Crippen molar-refractivity contribution >= 4 is 60.2 Å².